The molecular formula is C22H21NO6. The summed E-state index contributed by atoms with van der Waals surface area (Å²) in [7, 11) is 0. The molecule has 2 aromatic heterocycles. The van der Waals surface area contributed by atoms with Crippen molar-refractivity contribution in [2.45, 2.75) is 20.4 Å². The number of carbonyl (C=O) groups is 2. The minimum absolute atomic E-state index is 0.255. The van der Waals surface area contributed by atoms with Gasteiger partial charge in [0.25, 0.3) is 0 Å². The topological polar surface area (TPSA) is 79.9 Å². The minimum Gasteiger partial charge on any atom is -0.486 e. The number of hydrogen-bond acceptors (Lipinski definition) is 6. The monoisotopic (exact) mass is 395 g/mol. The average molecular weight is 395 g/mol. The van der Waals surface area contributed by atoms with Crippen molar-refractivity contribution in [3.63, 3.8) is 0 Å². The van der Waals surface area contributed by atoms with Gasteiger partial charge in [-0.05, 0) is 50.2 Å². The van der Waals surface area contributed by atoms with E-state index in [9.17, 15) is 9.59 Å². The van der Waals surface area contributed by atoms with Crippen molar-refractivity contribution in [2.75, 3.05) is 19.8 Å². The highest BCUT2D eigenvalue weighted by atomic mass is 16.6. The van der Waals surface area contributed by atoms with Gasteiger partial charge in [0.2, 0.25) is 5.78 Å². The minimum atomic E-state index is -0.584. The lowest BCUT2D eigenvalue weighted by atomic mass is 10.1. The summed E-state index contributed by atoms with van der Waals surface area (Å²) >= 11 is 0. The second-order valence-corrected chi connectivity index (χ2v) is 6.81. The summed E-state index contributed by atoms with van der Waals surface area (Å²) in [5, 5.41) is 0. The molecule has 0 radical (unpaired) electrons. The number of benzene rings is 1. The third kappa shape index (κ3) is 3.89. The number of esters is 1. The summed E-state index contributed by atoms with van der Waals surface area (Å²) in [5.41, 5.74) is 2.58. The van der Waals surface area contributed by atoms with Gasteiger partial charge >= 0.3 is 5.97 Å². The Labute approximate surface area is 167 Å². The zero-order valence-electron chi connectivity index (χ0n) is 16.3. The number of hydrogen-bond donors (Lipinski definition) is 0. The van der Waals surface area contributed by atoms with E-state index in [1.807, 2.05) is 30.5 Å². The van der Waals surface area contributed by atoms with Crippen molar-refractivity contribution in [1.29, 1.82) is 0 Å². The Morgan fingerprint density at radius 1 is 1.07 bits per heavy atom. The van der Waals surface area contributed by atoms with Gasteiger partial charge in [-0.15, -0.1) is 0 Å². The van der Waals surface area contributed by atoms with E-state index in [1.54, 1.807) is 30.5 Å². The largest absolute Gasteiger partial charge is 0.486 e. The van der Waals surface area contributed by atoms with Crippen molar-refractivity contribution in [3.05, 3.63) is 70.9 Å². The van der Waals surface area contributed by atoms with Gasteiger partial charge in [0, 0.05) is 17.0 Å². The quantitative estimate of drug-likeness (QED) is 0.469. The van der Waals surface area contributed by atoms with Crippen LogP contribution in [0.5, 0.6) is 11.5 Å². The maximum absolute atomic E-state index is 12.6. The number of rotatable bonds is 6. The molecule has 0 unspecified atom stereocenters. The first-order valence-electron chi connectivity index (χ1n) is 9.32. The highest BCUT2D eigenvalue weighted by Crippen LogP contribution is 2.31. The van der Waals surface area contributed by atoms with Gasteiger partial charge in [0.1, 0.15) is 19.0 Å². The van der Waals surface area contributed by atoms with Gasteiger partial charge in [0.05, 0.1) is 18.4 Å². The van der Waals surface area contributed by atoms with Crippen LogP contribution < -0.4 is 9.47 Å². The third-order valence-corrected chi connectivity index (χ3v) is 4.88. The molecule has 0 saturated heterocycles. The van der Waals surface area contributed by atoms with Gasteiger partial charge in [-0.25, -0.2) is 4.79 Å². The molecule has 0 atom stereocenters. The Kier molecular flexibility index (Phi) is 5.12. The summed E-state index contributed by atoms with van der Waals surface area (Å²) in [5.74, 6) is 1.05. The summed E-state index contributed by atoms with van der Waals surface area (Å²) < 4.78 is 23.5. The van der Waals surface area contributed by atoms with E-state index in [4.69, 9.17) is 18.6 Å². The first-order valence-corrected chi connectivity index (χ1v) is 9.32. The summed E-state index contributed by atoms with van der Waals surface area (Å²) in [6, 6.07) is 10.3. The van der Waals surface area contributed by atoms with Gasteiger partial charge in [-0.1, -0.05) is 0 Å². The number of carbonyl (C=O) groups excluding carboxylic acids is 2. The number of furan rings is 1. The number of ketones is 1. The summed E-state index contributed by atoms with van der Waals surface area (Å²) in [6.45, 7) is 4.90. The lowest BCUT2D eigenvalue weighted by Crippen LogP contribution is -2.17. The summed E-state index contributed by atoms with van der Waals surface area (Å²) in [6.07, 6.45) is 1.62. The van der Waals surface area contributed by atoms with E-state index in [2.05, 4.69) is 0 Å². The fourth-order valence-electron chi connectivity index (χ4n) is 3.35. The van der Waals surface area contributed by atoms with Crippen molar-refractivity contribution in [1.82, 2.24) is 4.57 Å². The molecule has 0 aliphatic carbocycles. The van der Waals surface area contributed by atoms with E-state index in [0.29, 0.717) is 42.4 Å². The van der Waals surface area contributed by atoms with Crippen LogP contribution in [0.15, 0.2) is 47.1 Å². The number of aryl methyl sites for hydroxylation is 1. The number of Topliss-reactive ketones (excluding diaryl/α,β-unsaturated/α-hetero) is 1. The van der Waals surface area contributed by atoms with E-state index < -0.39 is 5.97 Å². The molecule has 0 bridgehead atoms. The lowest BCUT2D eigenvalue weighted by molar-refractivity contribution is 0.0473. The van der Waals surface area contributed by atoms with Crippen LogP contribution in [-0.2, 0) is 11.3 Å². The Hall–Kier alpha value is -3.48. The molecule has 1 aromatic carbocycles. The maximum Gasteiger partial charge on any atom is 0.338 e. The van der Waals surface area contributed by atoms with E-state index in [-0.39, 0.29) is 12.4 Å². The zero-order chi connectivity index (χ0) is 20.4. The van der Waals surface area contributed by atoms with Gasteiger partial charge in [-0.3, -0.25) is 4.79 Å². The molecule has 150 valence electrons. The molecule has 4 rings (SSSR count). The molecule has 3 heterocycles. The Morgan fingerprint density at radius 2 is 1.86 bits per heavy atom. The van der Waals surface area contributed by atoms with Crippen LogP contribution in [0, 0.1) is 13.8 Å². The Morgan fingerprint density at radius 3 is 2.62 bits per heavy atom. The molecule has 7 nitrogen and oxygen atoms in total. The number of ether oxygens (including phenoxy) is 3. The predicted molar refractivity (Wildman–Crippen MR) is 104 cm³/mol. The lowest BCUT2D eigenvalue weighted by Gasteiger charge is -2.18. The van der Waals surface area contributed by atoms with Crippen LogP contribution >= 0.6 is 0 Å². The van der Waals surface area contributed by atoms with E-state index in [1.165, 1.54) is 0 Å². The molecule has 0 fully saturated rings. The molecule has 1 aliphatic rings. The Bertz CT molecular complexity index is 1050. The van der Waals surface area contributed by atoms with Crippen LogP contribution in [0.2, 0.25) is 0 Å². The van der Waals surface area contributed by atoms with Crippen LogP contribution in [0.25, 0.3) is 0 Å². The second-order valence-electron chi connectivity index (χ2n) is 6.81. The maximum atomic E-state index is 12.6. The third-order valence-electron chi connectivity index (χ3n) is 4.88. The SMILES string of the molecule is Cc1cc(C(=O)COC(=O)c2ccc3c(c2)OCCO3)c(C)n1Cc1ccco1. The van der Waals surface area contributed by atoms with Gasteiger partial charge in [0.15, 0.2) is 18.1 Å². The number of nitrogens with zero attached hydrogens (tertiary/aromatic N) is 1. The average Bonchev–Trinajstić information content (AvgIpc) is 3.35. The van der Waals surface area contributed by atoms with Crippen molar-refractivity contribution in [3.8, 4) is 11.5 Å². The smallest absolute Gasteiger partial charge is 0.338 e. The summed E-state index contributed by atoms with van der Waals surface area (Å²) in [4.78, 5) is 25.0. The molecule has 1 aliphatic heterocycles. The molecule has 0 spiro atoms. The first kappa shape index (κ1) is 18.9. The molecular weight excluding hydrogens is 374 g/mol. The van der Waals surface area contributed by atoms with Crippen molar-refractivity contribution in [2.24, 2.45) is 0 Å². The van der Waals surface area contributed by atoms with Crippen LogP contribution in [0.3, 0.4) is 0 Å². The van der Waals surface area contributed by atoms with Crippen LogP contribution in [-0.4, -0.2) is 36.1 Å². The molecule has 0 amide bonds. The van der Waals surface area contributed by atoms with E-state index >= 15 is 0 Å². The zero-order valence-corrected chi connectivity index (χ0v) is 16.3. The normalized spacial score (nSPS) is 12.6. The molecule has 7 heteroatoms. The van der Waals surface area contributed by atoms with Crippen LogP contribution in [0.1, 0.15) is 37.9 Å². The predicted octanol–water partition coefficient (Wildman–Crippen LogP) is 3.56. The van der Waals surface area contributed by atoms with Crippen molar-refractivity contribution >= 4 is 11.8 Å². The highest BCUT2D eigenvalue weighted by molar-refractivity contribution is 6.00. The number of fused-ring (bicyclic) bond motifs is 1. The van der Waals surface area contributed by atoms with E-state index in [0.717, 1.165) is 17.1 Å². The molecule has 29 heavy (non-hydrogen) atoms. The highest BCUT2D eigenvalue weighted by Gasteiger charge is 2.20. The molecule has 3 aromatic rings. The standard InChI is InChI=1S/C22H21NO6/c1-14-10-18(15(2)23(14)12-17-4-3-7-26-17)19(24)13-29-22(25)16-5-6-20-21(11-16)28-9-8-27-20/h3-7,10-11H,8-9,12-13H2,1-2H3. The fraction of sp³-hybridized carbons (Fsp3) is 0.273. The second kappa shape index (κ2) is 7.87. The van der Waals surface area contributed by atoms with Crippen LogP contribution in [0.4, 0.5) is 0 Å². The molecule has 0 N–H and O–H groups in total. The van der Waals surface area contributed by atoms with Crippen molar-refractivity contribution < 1.29 is 28.2 Å². The Balaban J connectivity index is 1.42. The van der Waals surface area contributed by atoms with Gasteiger partial charge < -0.3 is 23.2 Å². The molecule has 0 saturated carbocycles. The fourth-order valence-corrected chi connectivity index (χ4v) is 3.35. The number of aromatic nitrogens is 1. The first-order chi connectivity index (χ1) is 14.0. The van der Waals surface area contributed by atoms with Gasteiger partial charge in [-0.2, -0.15) is 0 Å².